The van der Waals surface area contributed by atoms with Gasteiger partial charge in [0.2, 0.25) is 0 Å². The minimum atomic E-state index is -0.919. The molecule has 1 amide bonds. The molecule has 0 aliphatic carbocycles. The Morgan fingerprint density at radius 2 is 1.95 bits per heavy atom. The van der Waals surface area contributed by atoms with Crippen molar-refractivity contribution >= 4 is 17.3 Å². The van der Waals surface area contributed by atoms with Crippen LogP contribution in [0.25, 0.3) is 0 Å². The van der Waals surface area contributed by atoms with Crippen LogP contribution in [0, 0.1) is 28.7 Å². The van der Waals surface area contributed by atoms with Gasteiger partial charge >= 0.3 is 0 Å². The van der Waals surface area contributed by atoms with E-state index >= 15 is 0 Å². The van der Waals surface area contributed by atoms with Crippen molar-refractivity contribution in [1.29, 1.82) is 0 Å². The van der Waals surface area contributed by atoms with Crippen LogP contribution in [0.5, 0.6) is 0 Å². The first-order valence-corrected chi connectivity index (χ1v) is 5.90. The summed E-state index contributed by atoms with van der Waals surface area (Å²) < 4.78 is 26.7. The zero-order valence-electron chi connectivity index (χ0n) is 10.9. The maximum Gasteiger partial charge on any atom is 0.295 e. The summed E-state index contributed by atoms with van der Waals surface area (Å²) in [7, 11) is 0. The number of nitro groups is 1. The molecule has 0 saturated heterocycles. The van der Waals surface area contributed by atoms with Crippen LogP contribution in [0.3, 0.4) is 0 Å². The molecule has 2 aromatic carbocycles. The number of hydrogen-bond donors (Lipinski definition) is 1. The van der Waals surface area contributed by atoms with E-state index in [1.165, 1.54) is 19.1 Å². The SMILES string of the molecule is Cc1cc(F)ccc1C(=O)Nc1c(F)cccc1[N+](=O)[O-]. The number of hydrogen-bond acceptors (Lipinski definition) is 3. The Hall–Kier alpha value is -2.83. The van der Waals surface area contributed by atoms with Gasteiger partial charge in [-0.2, -0.15) is 0 Å². The van der Waals surface area contributed by atoms with Gasteiger partial charge in [-0.1, -0.05) is 6.07 Å². The van der Waals surface area contributed by atoms with E-state index in [0.717, 1.165) is 24.3 Å². The predicted octanol–water partition coefficient (Wildman–Crippen LogP) is 3.43. The molecular weight excluding hydrogens is 282 g/mol. The van der Waals surface area contributed by atoms with E-state index in [9.17, 15) is 23.7 Å². The molecule has 0 aliphatic rings. The van der Waals surface area contributed by atoms with Crippen molar-refractivity contribution in [1.82, 2.24) is 0 Å². The summed E-state index contributed by atoms with van der Waals surface area (Å²) in [4.78, 5) is 22.1. The van der Waals surface area contributed by atoms with Crippen LogP contribution >= 0.6 is 0 Å². The highest BCUT2D eigenvalue weighted by Crippen LogP contribution is 2.27. The first-order chi connectivity index (χ1) is 9.90. The Balaban J connectivity index is 2.38. The molecular formula is C14H10F2N2O3. The fraction of sp³-hybridized carbons (Fsp3) is 0.0714. The average molecular weight is 292 g/mol. The summed E-state index contributed by atoms with van der Waals surface area (Å²) in [5, 5.41) is 13.0. The summed E-state index contributed by atoms with van der Waals surface area (Å²) in [5.41, 5.74) is -0.625. The molecule has 2 aromatic rings. The van der Waals surface area contributed by atoms with E-state index in [2.05, 4.69) is 5.32 Å². The number of anilines is 1. The van der Waals surface area contributed by atoms with Crippen LogP contribution in [0.2, 0.25) is 0 Å². The predicted molar refractivity (Wildman–Crippen MR) is 72.1 cm³/mol. The van der Waals surface area contributed by atoms with E-state index in [1.807, 2.05) is 0 Å². The van der Waals surface area contributed by atoms with E-state index in [0.29, 0.717) is 5.56 Å². The van der Waals surface area contributed by atoms with Crippen molar-refractivity contribution < 1.29 is 18.5 Å². The van der Waals surface area contributed by atoms with Crippen LogP contribution in [0.15, 0.2) is 36.4 Å². The highest BCUT2D eigenvalue weighted by atomic mass is 19.1. The minimum absolute atomic E-state index is 0.106. The van der Waals surface area contributed by atoms with E-state index in [1.54, 1.807) is 0 Å². The highest BCUT2D eigenvalue weighted by molar-refractivity contribution is 6.06. The van der Waals surface area contributed by atoms with Crippen molar-refractivity contribution in [3.8, 4) is 0 Å². The maximum absolute atomic E-state index is 13.7. The van der Waals surface area contributed by atoms with Gasteiger partial charge in [-0.15, -0.1) is 0 Å². The standard InChI is InChI=1S/C14H10F2N2O3/c1-8-7-9(15)5-6-10(8)14(19)17-13-11(16)3-2-4-12(13)18(20)21/h2-7H,1H3,(H,17,19). The van der Waals surface area contributed by atoms with Crippen LogP contribution < -0.4 is 5.32 Å². The van der Waals surface area contributed by atoms with Gasteiger partial charge in [0.25, 0.3) is 11.6 Å². The molecule has 0 atom stereocenters. The molecule has 0 heterocycles. The number of aryl methyl sites for hydroxylation is 1. The molecule has 5 nitrogen and oxygen atoms in total. The summed E-state index contributed by atoms with van der Waals surface area (Å²) in [6.07, 6.45) is 0. The number of carbonyl (C=O) groups excluding carboxylic acids is 1. The fourth-order valence-corrected chi connectivity index (χ4v) is 1.85. The summed E-state index contributed by atoms with van der Waals surface area (Å²) in [6.45, 7) is 1.51. The Kier molecular flexibility index (Phi) is 3.93. The largest absolute Gasteiger partial charge is 0.314 e. The van der Waals surface area contributed by atoms with Gasteiger partial charge in [0, 0.05) is 11.6 Å². The van der Waals surface area contributed by atoms with Gasteiger partial charge in [0.05, 0.1) is 4.92 Å². The van der Waals surface area contributed by atoms with Crippen molar-refractivity contribution in [2.24, 2.45) is 0 Å². The first-order valence-electron chi connectivity index (χ1n) is 5.90. The van der Waals surface area contributed by atoms with Gasteiger partial charge in [0.15, 0.2) is 11.5 Å². The number of carbonyl (C=O) groups is 1. The molecule has 0 spiro atoms. The lowest BCUT2D eigenvalue weighted by Crippen LogP contribution is -2.15. The first kappa shape index (κ1) is 14.6. The third-order valence-electron chi connectivity index (χ3n) is 2.86. The number of nitro benzene ring substituents is 1. The lowest BCUT2D eigenvalue weighted by molar-refractivity contribution is -0.384. The maximum atomic E-state index is 13.7. The molecule has 108 valence electrons. The van der Waals surface area contributed by atoms with Gasteiger partial charge in [-0.3, -0.25) is 14.9 Å². The minimum Gasteiger partial charge on any atom is -0.314 e. The molecule has 1 N–H and O–H groups in total. The highest BCUT2D eigenvalue weighted by Gasteiger charge is 2.21. The van der Waals surface area contributed by atoms with Gasteiger partial charge < -0.3 is 5.32 Å². The molecule has 2 rings (SSSR count). The quantitative estimate of drug-likeness (QED) is 0.695. The second-order valence-electron chi connectivity index (χ2n) is 4.30. The lowest BCUT2D eigenvalue weighted by Gasteiger charge is -2.09. The Bertz CT molecular complexity index is 732. The molecule has 0 aliphatic heterocycles. The number of rotatable bonds is 3. The van der Waals surface area contributed by atoms with Crippen molar-refractivity contribution in [2.75, 3.05) is 5.32 Å². The molecule has 0 radical (unpaired) electrons. The summed E-state index contributed by atoms with van der Waals surface area (Å²) >= 11 is 0. The van der Waals surface area contributed by atoms with Gasteiger partial charge in [-0.05, 0) is 36.8 Å². The van der Waals surface area contributed by atoms with Crippen molar-refractivity contribution in [3.05, 3.63) is 69.3 Å². The van der Waals surface area contributed by atoms with Gasteiger partial charge in [-0.25, -0.2) is 8.78 Å². The third kappa shape index (κ3) is 3.02. The average Bonchev–Trinajstić information content (AvgIpc) is 2.40. The smallest absolute Gasteiger partial charge is 0.295 e. The molecule has 0 fully saturated rings. The number of benzene rings is 2. The second kappa shape index (κ2) is 5.66. The number of para-hydroxylation sites is 1. The van der Waals surface area contributed by atoms with E-state index in [4.69, 9.17) is 0 Å². The van der Waals surface area contributed by atoms with Crippen LogP contribution in [0.4, 0.5) is 20.2 Å². The number of amides is 1. The molecule has 0 saturated carbocycles. The zero-order valence-corrected chi connectivity index (χ0v) is 10.9. The number of halogens is 2. The molecule has 21 heavy (non-hydrogen) atoms. The second-order valence-corrected chi connectivity index (χ2v) is 4.30. The topological polar surface area (TPSA) is 72.2 Å². The monoisotopic (exact) mass is 292 g/mol. The molecule has 7 heteroatoms. The molecule has 0 aromatic heterocycles. The van der Waals surface area contributed by atoms with Crippen molar-refractivity contribution in [3.63, 3.8) is 0 Å². The van der Waals surface area contributed by atoms with E-state index in [-0.39, 0.29) is 5.56 Å². The molecule has 0 unspecified atom stereocenters. The van der Waals surface area contributed by atoms with E-state index < -0.39 is 33.8 Å². The Morgan fingerprint density at radius 1 is 1.24 bits per heavy atom. The number of nitrogens with zero attached hydrogens (tertiary/aromatic N) is 1. The van der Waals surface area contributed by atoms with Crippen molar-refractivity contribution in [2.45, 2.75) is 6.92 Å². The molecule has 0 bridgehead atoms. The Labute approximate surface area is 118 Å². The Morgan fingerprint density at radius 3 is 2.57 bits per heavy atom. The summed E-state index contributed by atoms with van der Waals surface area (Å²) in [6, 6.07) is 6.71. The fourth-order valence-electron chi connectivity index (χ4n) is 1.85. The summed E-state index contributed by atoms with van der Waals surface area (Å²) in [5.74, 6) is -2.18. The number of nitrogens with one attached hydrogen (secondary N) is 1. The third-order valence-corrected chi connectivity index (χ3v) is 2.86. The normalized spacial score (nSPS) is 10.2. The lowest BCUT2D eigenvalue weighted by atomic mass is 10.1. The zero-order chi connectivity index (χ0) is 15.6. The van der Waals surface area contributed by atoms with Crippen LogP contribution in [-0.2, 0) is 0 Å². The van der Waals surface area contributed by atoms with Crippen LogP contribution in [0.1, 0.15) is 15.9 Å². The van der Waals surface area contributed by atoms with Crippen LogP contribution in [-0.4, -0.2) is 10.8 Å². The van der Waals surface area contributed by atoms with Gasteiger partial charge in [0.1, 0.15) is 5.82 Å².